The topological polar surface area (TPSA) is 89.8 Å². The van der Waals surface area contributed by atoms with Gasteiger partial charge in [0.15, 0.2) is 0 Å². The molecule has 1 heterocycles. The molecule has 1 aliphatic heterocycles. The summed E-state index contributed by atoms with van der Waals surface area (Å²) in [5.74, 6) is 0.0932. The monoisotopic (exact) mass is 558 g/mol. The minimum atomic E-state index is -0.504. The quantitative estimate of drug-likeness (QED) is 0.179. The van der Waals surface area contributed by atoms with Gasteiger partial charge in [-0.1, -0.05) is 57.9 Å². The van der Waals surface area contributed by atoms with Crippen LogP contribution in [0.1, 0.15) is 16.7 Å². The summed E-state index contributed by atoms with van der Waals surface area (Å²) in [5.41, 5.74) is 2.00. The molecule has 0 aliphatic carbocycles. The molecule has 34 heavy (non-hydrogen) atoms. The van der Waals surface area contributed by atoms with Gasteiger partial charge in [-0.2, -0.15) is 0 Å². The third-order valence-electron chi connectivity index (χ3n) is 4.96. The Morgan fingerprint density at radius 3 is 2.53 bits per heavy atom. The zero-order valence-electron chi connectivity index (χ0n) is 17.4. The highest BCUT2D eigenvalue weighted by atomic mass is 79.9. The van der Waals surface area contributed by atoms with E-state index < -0.39 is 16.1 Å². The molecule has 1 fully saturated rings. The number of nitro groups is 1. The maximum absolute atomic E-state index is 13.0. The van der Waals surface area contributed by atoms with Crippen molar-refractivity contribution in [2.45, 2.75) is 13.2 Å². The fourth-order valence-electron chi connectivity index (χ4n) is 3.22. The van der Waals surface area contributed by atoms with Crippen LogP contribution in [0.25, 0.3) is 6.08 Å². The van der Waals surface area contributed by atoms with Crippen LogP contribution in [-0.4, -0.2) is 21.0 Å². The molecule has 0 unspecified atom stereocenters. The molecule has 1 aliphatic rings. The largest absolute Gasteiger partial charge is 0.488 e. The summed E-state index contributed by atoms with van der Waals surface area (Å²) in [4.78, 5) is 37.2. The van der Waals surface area contributed by atoms with Gasteiger partial charge in [0.1, 0.15) is 12.4 Å². The minimum Gasteiger partial charge on any atom is -0.488 e. The number of halogens is 2. The Labute approximate surface area is 212 Å². The second-order valence-corrected chi connectivity index (χ2v) is 9.57. The van der Waals surface area contributed by atoms with Crippen LogP contribution in [0, 0.1) is 10.1 Å². The van der Waals surface area contributed by atoms with Gasteiger partial charge in [0.05, 0.1) is 16.4 Å². The summed E-state index contributed by atoms with van der Waals surface area (Å²) in [5, 5.41) is 11.0. The van der Waals surface area contributed by atoms with E-state index in [0.717, 1.165) is 26.7 Å². The number of thioether (sulfide) groups is 1. The lowest BCUT2D eigenvalue weighted by molar-refractivity contribution is -0.384. The number of nitrogens with zero attached hydrogens (tertiary/aromatic N) is 2. The molecule has 7 nitrogen and oxygen atoms in total. The van der Waals surface area contributed by atoms with Crippen molar-refractivity contribution in [1.82, 2.24) is 4.90 Å². The molecular weight excluding hydrogens is 544 g/mol. The number of carbonyl (C=O) groups excluding carboxylic acids is 2. The first-order valence-electron chi connectivity index (χ1n) is 9.96. The summed E-state index contributed by atoms with van der Waals surface area (Å²) in [7, 11) is 0. The molecule has 1 saturated heterocycles. The van der Waals surface area contributed by atoms with Crippen molar-refractivity contribution in [3.05, 3.63) is 108 Å². The number of non-ortho nitro benzene ring substituents is 1. The molecule has 0 radical (unpaired) electrons. The van der Waals surface area contributed by atoms with Gasteiger partial charge in [-0.3, -0.25) is 24.6 Å². The maximum Gasteiger partial charge on any atom is 0.293 e. The highest BCUT2D eigenvalue weighted by Gasteiger charge is 2.35. The van der Waals surface area contributed by atoms with E-state index in [1.807, 2.05) is 24.3 Å². The molecule has 0 bridgehead atoms. The third-order valence-corrected chi connectivity index (χ3v) is 6.73. The van der Waals surface area contributed by atoms with Crippen molar-refractivity contribution in [1.29, 1.82) is 0 Å². The number of rotatable bonds is 7. The molecule has 0 atom stereocenters. The van der Waals surface area contributed by atoms with Gasteiger partial charge in [-0.25, -0.2) is 0 Å². The predicted octanol–water partition coefficient (Wildman–Crippen LogP) is 6.83. The zero-order valence-corrected chi connectivity index (χ0v) is 20.6. The highest BCUT2D eigenvalue weighted by molar-refractivity contribution is 9.10. The SMILES string of the molecule is O=C1SC(=Cc2cc(Br)ccc2OCc2ccccc2Cl)C(=O)N1Cc1ccc([N+](=O)[O-])cc1. The minimum absolute atomic E-state index is 0.0222. The molecule has 0 N–H and O–H groups in total. The number of benzene rings is 3. The molecule has 10 heteroatoms. The number of ether oxygens (including phenoxy) is 1. The lowest BCUT2D eigenvalue weighted by Gasteiger charge is -2.13. The van der Waals surface area contributed by atoms with Crippen molar-refractivity contribution < 1.29 is 19.2 Å². The van der Waals surface area contributed by atoms with E-state index in [1.165, 1.54) is 24.3 Å². The second kappa shape index (κ2) is 10.4. The van der Waals surface area contributed by atoms with Crippen LogP contribution in [-0.2, 0) is 17.9 Å². The Kier molecular flexibility index (Phi) is 7.35. The smallest absolute Gasteiger partial charge is 0.293 e. The van der Waals surface area contributed by atoms with Crippen LogP contribution >= 0.6 is 39.3 Å². The Morgan fingerprint density at radius 1 is 1.09 bits per heavy atom. The molecule has 172 valence electrons. The lowest BCUT2D eigenvalue weighted by Crippen LogP contribution is -2.27. The summed E-state index contributed by atoms with van der Waals surface area (Å²) in [6.45, 7) is 0.262. The van der Waals surface area contributed by atoms with Crippen molar-refractivity contribution >= 4 is 62.2 Å². The number of hydrogen-bond donors (Lipinski definition) is 0. The Morgan fingerprint density at radius 2 is 1.82 bits per heavy atom. The summed E-state index contributed by atoms with van der Waals surface area (Å²) < 4.78 is 6.75. The van der Waals surface area contributed by atoms with Crippen molar-refractivity contribution in [3.63, 3.8) is 0 Å². The molecule has 3 aromatic carbocycles. The number of amides is 2. The Hall–Kier alpha value is -3.14. The lowest BCUT2D eigenvalue weighted by atomic mass is 10.1. The van der Waals surface area contributed by atoms with Crippen molar-refractivity contribution in [3.8, 4) is 5.75 Å². The van der Waals surface area contributed by atoms with Crippen LogP contribution in [0.4, 0.5) is 10.5 Å². The third kappa shape index (κ3) is 5.49. The van der Waals surface area contributed by atoms with Crippen LogP contribution < -0.4 is 4.74 Å². The van der Waals surface area contributed by atoms with Gasteiger partial charge in [-0.15, -0.1) is 0 Å². The zero-order chi connectivity index (χ0) is 24.2. The van der Waals surface area contributed by atoms with Gasteiger partial charge >= 0.3 is 0 Å². The number of carbonyl (C=O) groups is 2. The van der Waals surface area contributed by atoms with Crippen molar-refractivity contribution in [2.75, 3.05) is 0 Å². The number of nitro benzene ring substituents is 1. The number of imide groups is 1. The summed E-state index contributed by atoms with van der Waals surface area (Å²) >= 11 is 10.5. The van der Waals surface area contributed by atoms with Gasteiger partial charge in [0, 0.05) is 32.8 Å². The molecule has 2 amide bonds. The van der Waals surface area contributed by atoms with Crippen LogP contribution in [0.3, 0.4) is 0 Å². The average molecular weight is 560 g/mol. The van der Waals surface area contributed by atoms with E-state index in [9.17, 15) is 19.7 Å². The first kappa shape index (κ1) is 24.0. The maximum atomic E-state index is 13.0. The van der Waals surface area contributed by atoms with E-state index in [-0.39, 0.29) is 23.7 Å². The van der Waals surface area contributed by atoms with Gasteiger partial charge in [0.2, 0.25) is 0 Å². The second-order valence-electron chi connectivity index (χ2n) is 7.25. The van der Waals surface area contributed by atoms with Crippen LogP contribution in [0.15, 0.2) is 76.1 Å². The van der Waals surface area contributed by atoms with E-state index >= 15 is 0 Å². The van der Waals surface area contributed by atoms with Gasteiger partial charge < -0.3 is 4.74 Å². The summed E-state index contributed by atoms with van der Waals surface area (Å²) in [6.07, 6.45) is 1.62. The number of hydrogen-bond acceptors (Lipinski definition) is 6. The van der Waals surface area contributed by atoms with Crippen molar-refractivity contribution in [2.24, 2.45) is 0 Å². The van der Waals surface area contributed by atoms with Crippen LogP contribution in [0.5, 0.6) is 5.75 Å². The normalized spacial score (nSPS) is 14.6. The standard InChI is InChI=1S/C24H16BrClN2O5S/c25-18-7-10-21(33-14-16-3-1-2-4-20(16)26)17(11-18)12-22-23(29)27(24(30)34-22)13-15-5-8-19(9-6-15)28(31)32/h1-12H,13-14H2. The highest BCUT2D eigenvalue weighted by Crippen LogP contribution is 2.36. The Balaban J connectivity index is 1.54. The molecule has 0 saturated carbocycles. The van der Waals surface area contributed by atoms with Gasteiger partial charge in [0.25, 0.3) is 16.8 Å². The van der Waals surface area contributed by atoms with Crippen LogP contribution in [0.2, 0.25) is 5.02 Å². The first-order chi connectivity index (χ1) is 16.3. The predicted molar refractivity (Wildman–Crippen MR) is 135 cm³/mol. The average Bonchev–Trinajstić information content (AvgIpc) is 3.07. The Bertz CT molecular complexity index is 1310. The van der Waals surface area contributed by atoms with E-state index in [1.54, 1.807) is 24.3 Å². The van der Waals surface area contributed by atoms with E-state index in [2.05, 4.69) is 15.9 Å². The van der Waals surface area contributed by atoms with E-state index in [0.29, 0.717) is 21.9 Å². The fourth-order valence-corrected chi connectivity index (χ4v) is 4.62. The first-order valence-corrected chi connectivity index (χ1v) is 11.9. The molecular formula is C24H16BrClN2O5S. The molecule has 0 aromatic heterocycles. The summed E-state index contributed by atoms with van der Waals surface area (Å²) in [6, 6.07) is 18.5. The molecule has 4 rings (SSSR count). The van der Waals surface area contributed by atoms with Gasteiger partial charge in [-0.05, 0) is 47.7 Å². The molecule has 0 spiro atoms. The van der Waals surface area contributed by atoms with E-state index in [4.69, 9.17) is 16.3 Å². The fraction of sp³-hybridized carbons (Fsp3) is 0.0833. The molecule has 3 aromatic rings.